The molecule has 0 aromatic carbocycles. The van der Waals surface area contributed by atoms with E-state index >= 15 is 0 Å². The van der Waals surface area contributed by atoms with Crippen molar-refractivity contribution in [1.82, 2.24) is 15.5 Å². The minimum Gasteiger partial charge on any atom is -0.406 e. The monoisotopic (exact) mass is 280 g/mol. The largest absolute Gasteiger partial charge is 0.406 e. The summed E-state index contributed by atoms with van der Waals surface area (Å²) >= 11 is 0. The van der Waals surface area contributed by atoms with E-state index in [-0.39, 0.29) is 6.04 Å². The molecule has 3 unspecified atom stereocenters. The highest BCUT2D eigenvalue weighted by molar-refractivity contribution is 5.17. The summed E-state index contributed by atoms with van der Waals surface area (Å²) in [5.41, 5.74) is 0. The van der Waals surface area contributed by atoms with Gasteiger partial charge < -0.3 is 15.1 Å². The Hall–Kier alpha value is -1.10. The first kappa shape index (κ1) is 15.3. The Morgan fingerprint density at radius 3 is 2.95 bits per heavy atom. The van der Waals surface area contributed by atoms with Crippen LogP contribution in [0.3, 0.4) is 0 Å². The topological polar surface area (TPSA) is 63.0 Å². The fourth-order valence-corrected chi connectivity index (χ4v) is 2.91. The summed E-state index contributed by atoms with van der Waals surface area (Å²) in [5, 5.41) is 14.8. The lowest BCUT2D eigenvalue weighted by Crippen LogP contribution is -2.21. The van der Waals surface area contributed by atoms with Crippen LogP contribution in [0.25, 0.3) is 0 Å². The van der Waals surface area contributed by atoms with Crippen LogP contribution < -0.4 is 10.6 Å². The van der Waals surface area contributed by atoms with Crippen molar-refractivity contribution < 1.29 is 4.42 Å². The van der Waals surface area contributed by atoms with Gasteiger partial charge in [0.1, 0.15) is 0 Å². The molecule has 0 aliphatic heterocycles. The minimum absolute atomic E-state index is 0.118. The van der Waals surface area contributed by atoms with Gasteiger partial charge in [-0.05, 0) is 44.6 Å². The molecule has 20 heavy (non-hydrogen) atoms. The molecule has 0 bridgehead atoms. The Bertz CT molecular complexity index is 393. The number of anilines is 1. The molecule has 1 fully saturated rings. The van der Waals surface area contributed by atoms with Crippen LogP contribution in [0.2, 0.25) is 0 Å². The lowest BCUT2D eigenvalue weighted by Gasteiger charge is -2.26. The molecule has 1 saturated carbocycles. The predicted molar refractivity (Wildman–Crippen MR) is 80.6 cm³/mol. The van der Waals surface area contributed by atoms with Gasteiger partial charge in [0.25, 0.3) is 0 Å². The van der Waals surface area contributed by atoms with Crippen molar-refractivity contribution in [3.63, 3.8) is 0 Å². The van der Waals surface area contributed by atoms with Gasteiger partial charge in [0, 0.05) is 6.54 Å². The van der Waals surface area contributed by atoms with Gasteiger partial charge >= 0.3 is 6.01 Å². The molecular formula is C15H28N4O. The summed E-state index contributed by atoms with van der Waals surface area (Å²) in [6, 6.07) is 0.677. The van der Waals surface area contributed by atoms with Gasteiger partial charge in [-0.3, -0.25) is 0 Å². The third-order valence-electron chi connectivity index (χ3n) is 4.10. The summed E-state index contributed by atoms with van der Waals surface area (Å²) in [7, 11) is 0. The molecule has 0 spiro atoms. The average molecular weight is 280 g/mol. The summed E-state index contributed by atoms with van der Waals surface area (Å²) in [5.74, 6) is 2.26. The lowest BCUT2D eigenvalue weighted by atomic mass is 9.82. The molecular weight excluding hydrogens is 252 g/mol. The predicted octanol–water partition coefficient (Wildman–Crippen LogP) is 3.37. The second-order valence-corrected chi connectivity index (χ2v) is 6.14. The zero-order valence-electron chi connectivity index (χ0n) is 13.0. The Morgan fingerprint density at radius 1 is 1.35 bits per heavy atom. The van der Waals surface area contributed by atoms with Crippen LogP contribution in [0.1, 0.15) is 64.8 Å². The smallest absolute Gasteiger partial charge is 0.315 e. The van der Waals surface area contributed by atoms with Crippen molar-refractivity contribution in [2.75, 3.05) is 18.4 Å². The fourth-order valence-electron chi connectivity index (χ4n) is 2.91. The number of rotatable bonds is 7. The van der Waals surface area contributed by atoms with Crippen LogP contribution in [-0.2, 0) is 0 Å². The van der Waals surface area contributed by atoms with Crippen molar-refractivity contribution in [3.8, 4) is 0 Å². The lowest BCUT2D eigenvalue weighted by molar-refractivity contribution is 0.292. The van der Waals surface area contributed by atoms with Crippen LogP contribution in [0, 0.1) is 11.8 Å². The molecule has 5 nitrogen and oxygen atoms in total. The molecule has 2 N–H and O–H groups in total. The summed E-state index contributed by atoms with van der Waals surface area (Å²) < 4.78 is 5.66. The van der Waals surface area contributed by atoms with Crippen molar-refractivity contribution >= 4 is 6.01 Å². The van der Waals surface area contributed by atoms with E-state index in [2.05, 4.69) is 41.6 Å². The molecule has 5 heteroatoms. The van der Waals surface area contributed by atoms with Crippen LogP contribution >= 0.6 is 0 Å². The third kappa shape index (κ3) is 4.47. The van der Waals surface area contributed by atoms with Gasteiger partial charge in [0.05, 0.1) is 6.04 Å². The highest BCUT2D eigenvalue weighted by atomic mass is 16.4. The number of hydrogen-bond acceptors (Lipinski definition) is 5. The first-order chi connectivity index (χ1) is 9.69. The van der Waals surface area contributed by atoms with Crippen molar-refractivity contribution in [2.24, 2.45) is 11.8 Å². The van der Waals surface area contributed by atoms with Gasteiger partial charge in [0.15, 0.2) is 0 Å². The summed E-state index contributed by atoms with van der Waals surface area (Å²) in [6.07, 6.45) is 6.45. The van der Waals surface area contributed by atoms with Crippen molar-refractivity contribution in [1.29, 1.82) is 0 Å². The van der Waals surface area contributed by atoms with E-state index in [1.807, 2.05) is 0 Å². The molecule has 0 amide bonds. The number of hydrogen-bond donors (Lipinski definition) is 2. The highest BCUT2D eigenvalue weighted by Crippen LogP contribution is 2.28. The molecule has 1 aromatic rings. The van der Waals surface area contributed by atoms with Crippen LogP contribution in [-0.4, -0.2) is 23.3 Å². The Balaban J connectivity index is 1.77. The Labute approximate surface area is 121 Å². The Kier molecular flexibility index (Phi) is 5.83. The van der Waals surface area contributed by atoms with Crippen molar-refractivity contribution in [3.05, 3.63) is 5.89 Å². The zero-order chi connectivity index (χ0) is 14.4. The summed E-state index contributed by atoms with van der Waals surface area (Å²) in [4.78, 5) is 0. The second kappa shape index (κ2) is 7.62. The molecule has 114 valence electrons. The minimum atomic E-state index is 0.118. The molecule has 3 atom stereocenters. The van der Waals surface area contributed by atoms with Crippen LogP contribution in [0.5, 0.6) is 0 Å². The molecule has 0 saturated heterocycles. The number of nitrogens with one attached hydrogen (secondary N) is 2. The number of nitrogens with zero attached hydrogens (tertiary/aromatic N) is 2. The molecule has 2 rings (SSSR count). The molecule has 0 radical (unpaired) electrons. The second-order valence-electron chi connectivity index (χ2n) is 6.14. The van der Waals surface area contributed by atoms with Gasteiger partial charge in [-0.25, -0.2) is 0 Å². The maximum atomic E-state index is 5.66. The van der Waals surface area contributed by atoms with E-state index in [0.717, 1.165) is 31.3 Å². The molecule has 1 aliphatic carbocycles. The van der Waals surface area contributed by atoms with E-state index in [1.165, 1.54) is 25.7 Å². The first-order valence-corrected chi connectivity index (χ1v) is 7.99. The van der Waals surface area contributed by atoms with E-state index in [0.29, 0.717) is 11.9 Å². The molecule has 1 heterocycles. The quantitative estimate of drug-likeness (QED) is 0.801. The highest BCUT2D eigenvalue weighted by Gasteiger charge is 2.19. The maximum absolute atomic E-state index is 5.66. The standard InChI is InChI=1S/C15H28N4O/c1-4-8-16-12(3)14-18-19-15(20-14)17-10-13-7-5-6-11(2)9-13/h11-13,16H,4-10H2,1-3H3,(H,17,19). The summed E-state index contributed by atoms with van der Waals surface area (Å²) in [6.45, 7) is 8.45. The molecule has 1 aliphatic rings. The van der Waals surface area contributed by atoms with Gasteiger partial charge in [-0.1, -0.05) is 31.8 Å². The van der Waals surface area contributed by atoms with Gasteiger partial charge in [-0.2, -0.15) is 0 Å². The maximum Gasteiger partial charge on any atom is 0.315 e. The van der Waals surface area contributed by atoms with Gasteiger partial charge in [0.2, 0.25) is 5.89 Å². The van der Waals surface area contributed by atoms with Crippen molar-refractivity contribution in [2.45, 2.75) is 58.9 Å². The SMILES string of the molecule is CCCNC(C)c1nnc(NCC2CCCC(C)C2)o1. The van der Waals surface area contributed by atoms with E-state index in [1.54, 1.807) is 0 Å². The third-order valence-corrected chi connectivity index (χ3v) is 4.10. The van der Waals surface area contributed by atoms with E-state index in [4.69, 9.17) is 4.42 Å². The molecule has 1 aromatic heterocycles. The van der Waals surface area contributed by atoms with E-state index in [9.17, 15) is 0 Å². The first-order valence-electron chi connectivity index (χ1n) is 7.99. The van der Waals surface area contributed by atoms with Gasteiger partial charge in [-0.15, -0.1) is 5.10 Å². The normalized spacial score (nSPS) is 24.6. The zero-order valence-corrected chi connectivity index (χ0v) is 13.0. The Morgan fingerprint density at radius 2 is 2.20 bits per heavy atom. The average Bonchev–Trinajstić information content (AvgIpc) is 2.91. The van der Waals surface area contributed by atoms with Crippen LogP contribution in [0.15, 0.2) is 4.42 Å². The van der Waals surface area contributed by atoms with E-state index < -0.39 is 0 Å². The number of aromatic nitrogens is 2. The van der Waals surface area contributed by atoms with Crippen LogP contribution in [0.4, 0.5) is 6.01 Å². The fraction of sp³-hybridized carbons (Fsp3) is 0.867.